The van der Waals surface area contributed by atoms with Gasteiger partial charge in [0.1, 0.15) is 0 Å². The molecule has 2 atom stereocenters. The first-order valence-corrected chi connectivity index (χ1v) is 12.8. The van der Waals surface area contributed by atoms with E-state index in [-0.39, 0.29) is 31.3 Å². The molecule has 2 unspecified atom stereocenters. The minimum atomic E-state index is -3.28. The molecular formula is C20H38NO5PS. The predicted molar refractivity (Wildman–Crippen MR) is 120 cm³/mol. The zero-order valence-corrected chi connectivity index (χ0v) is 19.3. The van der Waals surface area contributed by atoms with Crippen molar-refractivity contribution in [3.05, 3.63) is 35.9 Å². The van der Waals surface area contributed by atoms with E-state index in [2.05, 4.69) is 5.32 Å². The molecule has 8 heteroatoms. The highest BCUT2D eigenvalue weighted by Gasteiger charge is 2.26. The van der Waals surface area contributed by atoms with Crippen LogP contribution in [0.15, 0.2) is 30.3 Å². The minimum Gasteiger partial charge on any atom is -0.352 e. The van der Waals surface area contributed by atoms with Gasteiger partial charge in [0.2, 0.25) is 0 Å². The Labute approximate surface area is 173 Å². The summed E-state index contributed by atoms with van der Waals surface area (Å²) < 4.78 is 29.7. The van der Waals surface area contributed by atoms with E-state index in [1.165, 1.54) is 0 Å². The van der Waals surface area contributed by atoms with Gasteiger partial charge in [0.25, 0.3) is 5.91 Å². The highest BCUT2D eigenvalue weighted by Crippen LogP contribution is 2.26. The molecule has 0 saturated heterocycles. The van der Waals surface area contributed by atoms with Gasteiger partial charge >= 0.3 is 0 Å². The largest absolute Gasteiger partial charge is 0.352 e. The van der Waals surface area contributed by atoms with Crippen LogP contribution in [0.4, 0.5) is 0 Å². The third-order valence-corrected chi connectivity index (χ3v) is 6.45. The van der Waals surface area contributed by atoms with E-state index < -0.39 is 25.0 Å². The summed E-state index contributed by atoms with van der Waals surface area (Å²) in [6, 6.07) is 8.67. The highest BCUT2D eigenvalue weighted by molar-refractivity contribution is 7.91. The van der Waals surface area contributed by atoms with Crippen LogP contribution in [0.25, 0.3) is 0 Å². The molecule has 1 aromatic rings. The molecule has 0 aromatic heterocycles. The second-order valence-corrected chi connectivity index (χ2v) is 8.71. The maximum atomic E-state index is 12.3. The number of sulfone groups is 1. The van der Waals surface area contributed by atoms with Crippen LogP contribution in [0, 0.1) is 5.92 Å². The van der Waals surface area contributed by atoms with Crippen molar-refractivity contribution >= 4 is 24.8 Å². The fourth-order valence-electron chi connectivity index (χ4n) is 2.99. The predicted octanol–water partition coefficient (Wildman–Crippen LogP) is 4.21. The van der Waals surface area contributed by atoms with Crippen LogP contribution in [0.3, 0.4) is 0 Å². The summed E-state index contributed by atoms with van der Waals surface area (Å²) >= 11 is 0. The molecule has 6 nitrogen and oxygen atoms in total. The van der Waals surface area contributed by atoms with E-state index in [0.29, 0.717) is 5.56 Å². The van der Waals surface area contributed by atoms with E-state index in [0.717, 1.165) is 25.7 Å². The lowest BCUT2D eigenvalue weighted by molar-refractivity contribution is 0.0934. The summed E-state index contributed by atoms with van der Waals surface area (Å²) in [4.78, 5) is 21.0. The van der Waals surface area contributed by atoms with Crippen LogP contribution in [-0.2, 0) is 14.4 Å². The van der Waals surface area contributed by atoms with Crippen molar-refractivity contribution in [2.75, 3.05) is 18.1 Å². The molecule has 1 saturated carbocycles. The molecule has 2 N–H and O–H groups in total. The summed E-state index contributed by atoms with van der Waals surface area (Å²) in [6.45, 7) is 8.05. The Kier molecular flexibility index (Phi) is 15.3. The zero-order chi connectivity index (χ0) is 21.4. The van der Waals surface area contributed by atoms with Gasteiger partial charge < -0.3 is 14.7 Å². The SMILES string of the molecule is CC.CC.O=C(NCC(CS(=O)(=O)CC1CCCC1)OPO)c1ccccc1.[HH]. The summed E-state index contributed by atoms with van der Waals surface area (Å²) in [5, 5.41) is 2.67. The molecule has 0 bridgehead atoms. The average Bonchev–Trinajstić information content (AvgIpc) is 3.22. The number of carbonyl (C=O) groups is 1. The van der Waals surface area contributed by atoms with Crippen LogP contribution >= 0.6 is 9.03 Å². The van der Waals surface area contributed by atoms with Crippen LogP contribution in [0.1, 0.15) is 65.2 Å². The summed E-state index contributed by atoms with van der Waals surface area (Å²) in [5.41, 5.74) is 0.497. The first kappa shape index (κ1) is 27.0. The number of rotatable bonds is 9. The smallest absolute Gasteiger partial charge is 0.251 e. The average molecular weight is 436 g/mol. The van der Waals surface area contributed by atoms with Gasteiger partial charge in [-0.25, -0.2) is 8.42 Å². The molecule has 0 radical (unpaired) electrons. The molecule has 0 spiro atoms. The number of amides is 1. The molecular weight excluding hydrogens is 397 g/mol. The summed E-state index contributed by atoms with van der Waals surface area (Å²) in [5.74, 6) is -0.0926. The number of hydrogen-bond acceptors (Lipinski definition) is 5. The molecule has 1 aliphatic rings. The normalized spacial score (nSPS) is 15.3. The van der Waals surface area contributed by atoms with Gasteiger partial charge in [0.15, 0.2) is 18.9 Å². The Morgan fingerprint density at radius 3 is 2.32 bits per heavy atom. The Morgan fingerprint density at radius 1 is 1.21 bits per heavy atom. The fraction of sp³-hybridized carbons (Fsp3) is 0.650. The maximum Gasteiger partial charge on any atom is 0.251 e. The van der Waals surface area contributed by atoms with E-state index in [1.54, 1.807) is 24.3 Å². The zero-order valence-electron chi connectivity index (χ0n) is 17.5. The number of carbonyl (C=O) groups excluding carboxylic acids is 1. The van der Waals surface area contributed by atoms with Crippen LogP contribution in [0.2, 0.25) is 0 Å². The second-order valence-electron chi connectivity index (χ2n) is 6.13. The Balaban J connectivity index is 0. The molecule has 1 aromatic carbocycles. The van der Waals surface area contributed by atoms with Gasteiger partial charge in [-0.1, -0.05) is 58.7 Å². The summed E-state index contributed by atoms with van der Waals surface area (Å²) in [7, 11) is -4.09. The third kappa shape index (κ3) is 11.1. The van der Waals surface area contributed by atoms with Gasteiger partial charge in [0, 0.05) is 13.5 Å². The van der Waals surface area contributed by atoms with E-state index >= 15 is 0 Å². The van der Waals surface area contributed by atoms with Crippen molar-refractivity contribution in [1.29, 1.82) is 0 Å². The number of hydrogen-bond donors (Lipinski definition) is 2. The first-order valence-electron chi connectivity index (χ1n) is 10.1. The molecule has 0 heterocycles. The van der Waals surface area contributed by atoms with Crippen molar-refractivity contribution in [2.45, 2.75) is 59.5 Å². The van der Waals surface area contributed by atoms with E-state index in [9.17, 15) is 13.2 Å². The Hall–Kier alpha value is -1.01. The van der Waals surface area contributed by atoms with Crippen molar-refractivity contribution in [1.82, 2.24) is 5.32 Å². The first-order chi connectivity index (χ1) is 13.5. The Morgan fingerprint density at radius 2 is 1.79 bits per heavy atom. The maximum absolute atomic E-state index is 12.3. The third-order valence-electron chi connectivity index (χ3n) is 4.15. The molecule has 0 aliphatic heterocycles. The van der Waals surface area contributed by atoms with Crippen molar-refractivity contribution in [3.63, 3.8) is 0 Å². The molecule has 1 fully saturated rings. The summed E-state index contributed by atoms with van der Waals surface area (Å²) in [6.07, 6.45) is 3.35. The van der Waals surface area contributed by atoms with E-state index in [4.69, 9.17) is 9.42 Å². The second kappa shape index (κ2) is 15.9. The lowest BCUT2D eigenvalue weighted by Gasteiger charge is -2.18. The van der Waals surface area contributed by atoms with Crippen LogP contribution in [0.5, 0.6) is 0 Å². The molecule has 28 heavy (non-hydrogen) atoms. The van der Waals surface area contributed by atoms with E-state index in [1.807, 2.05) is 33.8 Å². The number of nitrogens with one attached hydrogen (secondary N) is 1. The topological polar surface area (TPSA) is 92.7 Å². The highest BCUT2D eigenvalue weighted by atomic mass is 32.2. The number of benzene rings is 1. The van der Waals surface area contributed by atoms with Gasteiger partial charge in [-0.3, -0.25) is 4.79 Å². The Bertz CT molecular complexity index is 625. The van der Waals surface area contributed by atoms with Crippen molar-refractivity contribution in [2.24, 2.45) is 5.92 Å². The van der Waals surface area contributed by atoms with Gasteiger partial charge in [0.05, 0.1) is 17.6 Å². The van der Waals surface area contributed by atoms with Crippen LogP contribution < -0.4 is 5.32 Å². The van der Waals surface area contributed by atoms with Crippen molar-refractivity contribution < 1.29 is 24.1 Å². The lowest BCUT2D eigenvalue weighted by Crippen LogP contribution is -2.37. The quantitative estimate of drug-likeness (QED) is 0.567. The standard InChI is InChI=1S/C16H24NO5PS.2C2H6.H2/c18-16(14-8-2-1-3-9-14)17-10-15(22-23-19)12-24(20,21)11-13-6-4-5-7-13;2*1-2;/h1-3,8-9,13,15,19,23H,4-7,10-12H2,(H,17,18);2*1-2H3;1H. The molecule has 2 rings (SSSR count). The van der Waals surface area contributed by atoms with Gasteiger partial charge in [-0.15, -0.1) is 0 Å². The molecule has 1 aliphatic carbocycles. The lowest BCUT2D eigenvalue weighted by atomic mass is 10.1. The molecule has 164 valence electrons. The van der Waals surface area contributed by atoms with Gasteiger partial charge in [-0.05, 0) is 30.9 Å². The van der Waals surface area contributed by atoms with Gasteiger partial charge in [-0.2, -0.15) is 0 Å². The monoisotopic (exact) mass is 435 g/mol. The molecule has 1 amide bonds. The fourth-order valence-corrected chi connectivity index (χ4v) is 5.37. The van der Waals surface area contributed by atoms with Crippen molar-refractivity contribution in [3.8, 4) is 0 Å². The van der Waals surface area contributed by atoms with Crippen LogP contribution in [-0.4, -0.2) is 43.4 Å². The minimum absolute atomic E-state index is 0.